The number of anilines is 1. The molecule has 152 valence electrons. The van der Waals surface area contributed by atoms with E-state index in [4.69, 9.17) is 11.6 Å². The first kappa shape index (κ1) is 21.2. The number of sulfonamides is 1. The van der Waals surface area contributed by atoms with Gasteiger partial charge in [0.15, 0.2) is 9.84 Å². The van der Waals surface area contributed by atoms with Gasteiger partial charge in [-0.3, -0.25) is 4.72 Å². The predicted molar refractivity (Wildman–Crippen MR) is 107 cm³/mol. The van der Waals surface area contributed by atoms with Gasteiger partial charge in [0.05, 0.1) is 15.5 Å². The van der Waals surface area contributed by atoms with Crippen molar-refractivity contribution in [3.05, 3.63) is 77.3 Å². The fraction of sp³-hybridized carbons (Fsp3) is 0.0526. The first-order valence-corrected chi connectivity index (χ1v) is 11.8. The van der Waals surface area contributed by atoms with E-state index in [-0.39, 0.29) is 15.5 Å². The van der Waals surface area contributed by atoms with Gasteiger partial charge in [-0.2, -0.15) is 0 Å². The summed E-state index contributed by atoms with van der Waals surface area (Å²) in [6, 6.07) is 12.8. The van der Waals surface area contributed by atoms with E-state index >= 15 is 0 Å². The summed E-state index contributed by atoms with van der Waals surface area (Å²) in [6.07, 6.45) is 0.897. The quantitative estimate of drug-likeness (QED) is 0.612. The van der Waals surface area contributed by atoms with Crippen LogP contribution in [0.1, 0.15) is 0 Å². The first-order valence-electron chi connectivity index (χ1n) is 8.05. The molecule has 0 aromatic heterocycles. The number of rotatable bonds is 5. The standard InChI is InChI=1S/C19H14ClF2NO4S2/c1-28(24,25)14-7-13(20)8-15(9-14)29(26,27)23-19-10-16(17(21)11-18(19)22)12-5-3-2-4-6-12/h2-11,23H,1H3. The average molecular weight is 458 g/mol. The van der Waals surface area contributed by atoms with E-state index in [0.717, 1.165) is 30.5 Å². The van der Waals surface area contributed by atoms with E-state index in [9.17, 15) is 25.6 Å². The topological polar surface area (TPSA) is 80.3 Å². The van der Waals surface area contributed by atoms with Crippen LogP contribution in [0.15, 0.2) is 70.5 Å². The molecule has 0 atom stereocenters. The van der Waals surface area contributed by atoms with Crippen LogP contribution in [0.3, 0.4) is 0 Å². The van der Waals surface area contributed by atoms with Gasteiger partial charge >= 0.3 is 0 Å². The van der Waals surface area contributed by atoms with Gasteiger partial charge in [0, 0.05) is 22.9 Å². The lowest BCUT2D eigenvalue weighted by Gasteiger charge is -2.13. The molecule has 0 aliphatic carbocycles. The Kier molecular flexibility index (Phi) is 5.66. The third-order valence-electron chi connectivity index (χ3n) is 3.97. The Morgan fingerprint density at radius 3 is 2.07 bits per heavy atom. The summed E-state index contributed by atoms with van der Waals surface area (Å²) in [4.78, 5) is -0.787. The highest BCUT2D eigenvalue weighted by Crippen LogP contribution is 2.30. The lowest BCUT2D eigenvalue weighted by Crippen LogP contribution is -2.15. The van der Waals surface area contributed by atoms with Crippen LogP contribution in [-0.4, -0.2) is 23.1 Å². The molecule has 0 saturated carbocycles. The van der Waals surface area contributed by atoms with E-state index in [2.05, 4.69) is 0 Å². The fourth-order valence-electron chi connectivity index (χ4n) is 2.58. The number of hydrogen-bond acceptors (Lipinski definition) is 4. The van der Waals surface area contributed by atoms with Crippen molar-refractivity contribution in [2.24, 2.45) is 0 Å². The summed E-state index contributed by atoms with van der Waals surface area (Å²) in [5.74, 6) is -1.99. The van der Waals surface area contributed by atoms with Crippen LogP contribution in [0.25, 0.3) is 11.1 Å². The SMILES string of the molecule is CS(=O)(=O)c1cc(Cl)cc(S(=O)(=O)Nc2cc(-c3ccccc3)c(F)cc2F)c1. The fourth-order valence-corrected chi connectivity index (χ4v) is 4.83. The molecule has 0 spiro atoms. The molecule has 0 unspecified atom stereocenters. The Morgan fingerprint density at radius 2 is 1.45 bits per heavy atom. The van der Waals surface area contributed by atoms with Crippen molar-refractivity contribution < 1.29 is 25.6 Å². The third-order valence-corrected chi connectivity index (χ3v) is 6.62. The smallest absolute Gasteiger partial charge is 0.262 e. The Morgan fingerprint density at radius 1 is 0.828 bits per heavy atom. The van der Waals surface area contributed by atoms with Crippen LogP contribution in [0.4, 0.5) is 14.5 Å². The van der Waals surface area contributed by atoms with E-state index in [1.165, 1.54) is 0 Å². The maximum Gasteiger partial charge on any atom is 0.262 e. The highest BCUT2D eigenvalue weighted by Gasteiger charge is 2.21. The minimum absolute atomic E-state index is 0.00683. The Balaban J connectivity index is 2.07. The van der Waals surface area contributed by atoms with Gasteiger partial charge in [-0.05, 0) is 29.8 Å². The summed E-state index contributed by atoms with van der Waals surface area (Å²) in [7, 11) is -8.15. The second kappa shape index (κ2) is 7.74. The molecule has 3 rings (SSSR count). The van der Waals surface area contributed by atoms with Gasteiger partial charge < -0.3 is 0 Å². The Bertz CT molecular complexity index is 1300. The highest BCUT2D eigenvalue weighted by atomic mass is 35.5. The van der Waals surface area contributed by atoms with Crippen molar-refractivity contribution in [2.45, 2.75) is 9.79 Å². The molecule has 29 heavy (non-hydrogen) atoms. The minimum Gasteiger partial charge on any atom is -0.277 e. The van der Waals surface area contributed by atoms with Gasteiger partial charge in [0.25, 0.3) is 10.0 Å². The summed E-state index contributed by atoms with van der Waals surface area (Å²) in [5.41, 5.74) is -0.0775. The molecule has 1 N–H and O–H groups in total. The molecule has 10 heteroatoms. The number of halogens is 3. The highest BCUT2D eigenvalue weighted by molar-refractivity contribution is 7.93. The van der Waals surface area contributed by atoms with Crippen LogP contribution in [-0.2, 0) is 19.9 Å². The number of benzene rings is 3. The van der Waals surface area contributed by atoms with Gasteiger partial charge in [0.2, 0.25) is 0 Å². The second-order valence-corrected chi connectivity index (χ2v) is 10.3. The average Bonchev–Trinajstić information content (AvgIpc) is 2.63. The molecule has 0 aliphatic rings. The van der Waals surface area contributed by atoms with Gasteiger partial charge in [-0.1, -0.05) is 41.9 Å². The van der Waals surface area contributed by atoms with Crippen LogP contribution >= 0.6 is 11.6 Å². The normalized spacial score (nSPS) is 12.0. The third kappa shape index (κ3) is 4.75. The predicted octanol–water partition coefficient (Wildman–Crippen LogP) is 4.49. The Hall–Kier alpha value is -2.49. The molecule has 0 amide bonds. The molecule has 3 aromatic carbocycles. The van der Waals surface area contributed by atoms with Crippen molar-refractivity contribution in [3.63, 3.8) is 0 Å². The molecule has 0 bridgehead atoms. The van der Waals surface area contributed by atoms with Gasteiger partial charge in [-0.15, -0.1) is 0 Å². The van der Waals surface area contributed by atoms with Crippen molar-refractivity contribution in [1.82, 2.24) is 0 Å². The minimum atomic E-state index is -4.41. The second-order valence-electron chi connectivity index (χ2n) is 6.18. The zero-order valence-electron chi connectivity index (χ0n) is 14.9. The molecular formula is C19H14ClF2NO4S2. The van der Waals surface area contributed by atoms with E-state index in [1.54, 1.807) is 30.3 Å². The van der Waals surface area contributed by atoms with E-state index < -0.39 is 42.1 Å². The molecular weight excluding hydrogens is 444 g/mol. The summed E-state index contributed by atoms with van der Waals surface area (Å²) >= 11 is 5.84. The molecule has 0 heterocycles. The molecule has 0 aliphatic heterocycles. The molecule has 0 fully saturated rings. The molecule has 0 radical (unpaired) electrons. The number of nitrogens with one attached hydrogen (secondary N) is 1. The van der Waals surface area contributed by atoms with E-state index in [1.807, 2.05) is 4.72 Å². The number of hydrogen-bond donors (Lipinski definition) is 1. The zero-order valence-corrected chi connectivity index (χ0v) is 17.2. The van der Waals surface area contributed by atoms with Crippen molar-refractivity contribution in [1.29, 1.82) is 0 Å². The van der Waals surface area contributed by atoms with Crippen LogP contribution in [0.2, 0.25) is 5.02 Å². The van der Waals surface area contributed by atoms with Crippen molar-refractivity contribution in [3.8, 4) is 11.1 Å². The zero-order chi connectivity index (χ0) is 21.4. The largest absolute Gasteiger partial charge is 0.277 e. The summed E-state index contributed by atoms with van der Waals surface area (Å²) < 4.78 is 79.3. The summed E-state index contributed by atoms with van der Waals surface area (Å²) in [5, 5.41) is -0.127. The van der Waals surface area contributed by atoms with Crippen LogP contribution in [0.5, 0.6) is 0 Å². The van der Waals surface area contributed by atoms with E-state index in [0.29, 0.717) is 11.6 Å². The maximum atomic E-state index is 14.3. The molecule has 0 saturated heterocycles. The molecule has 3 aromatic rings. The van der Waals surface area contributed by atoms with Crippen LogP contribution < -0.4 is 4.72 Å². The maximum absolute atomic E-state index is 14.3. The van der Waals surface area contributed by atoms with Crippen LogP contribution in [0, 0.1) is 11.6 Å². The number of sulfone groups is 1. The van der Waals surface area contributed by atoms with Gasteiger partial charge in [0.1, 0.15) is 11.6 Å². The lowest BCUT2D eigenvalue weighted by molar-refractivity contribution is 0.584. The lowest BCUT2D eigenvalue weighted by atomic mass is 10.0. The monoisotopic (exact) mass is 457 g/mol. The van der Waals surface area contributed by atoms with Gasteiger partial charge in [-0.25, -0.2) is 25.6 Å². The first-order chi connectivity index (χ1) is 13.5. The van der Waals surface area contributed by atoms with Crippen molar-refractivity contribution >= 4 is 37.1 Å². The Labute approximate surface area is 171 Å². The summed E-state index contributed by atoms with van der Waals surface area (Å²) in [6.45, 7) is 0. The van der Waals surface area contributed by atoms with Crippen molar-refractivity contribution in [2.75, 3.05) is 11.0 Å². The molecule has 5 nitrogen and oxygen atoms in total.